The Morgan fingerprint density at radius 1 is 1.23 bits per heavy atom. The van der Waals surface area contributed by atoms with E-state index in [1.165, 1.54) is 0 Å². The van der Waals surface area contributed by atoms with Crippen LogP contribution in [0.25, 0.3) is 0 Å². The van der Waals surface area contributed by atoms with Crippen molar-refractivity contribution in [2.45, 2.75) is 83.1 Å². The van der Waals surface area contributed by atoms with Crippen molar-refractivity contribution in [3.63, 3.8) is 0 Å². The second-order valence-electron chi connectivity index (χ2n) is 11.2. The van der Waals surface area contributed by atoms with Gasteiger partial charge in [0.2, 0.25) is 5.91 Å². The number of rotatable bonds is 7. The standard InChI is InChI=1S/C30H34ClN5O4/c1-17-13-21(7-9-24(17)40-25-14-18(2)34-35-28(25)38)27(37)33-19(3)29(39)36-23(20-5-4-6-22(31)15-20)8-10-26(36)30(16-32)11-12-30/h4-7,9,13,15,18-19,23,25-26,34H,8,10-12,14H2,1-3H3,(H,33,37)(H,35,38)/t18?,19-,23+,25?,26-/m1/s1. The number of carbonyl (C=O) groups excluding carboxylic acids is 3. The van der Waals surface area contributed by atoms with E-state index in [4.69, 9.17) is 16.3 Å². The number of hydrogen-bond donors (Lipinski definition) is 3. The van der Waals surface area contributed by atoms with Crippen LogP contribution in [0.15, 0.2) is 42.5 Å². The predicted molar refractivity (Wildman–Crippen MR) is 149 cm³/mol. The van der Waals surface area contributed by atoms with E-state index in [0.29, 0.717) is 28.3 Å². The molecule has 10 heteroatoms. The average molecular weight is 564 g/mol. The Morgan fingerprint density at radius 2 is 2.00 bits per heavy atom. The van der Waals surface area contributed by atoms with E-state index >= 15 is 0 Å². The summed E-state index contributed by atoms with van der Waals surface area (Å²) in [5.74, 6) is -0.331. The maximum Gasteiger partial charge on any atom is 0.275 e. The average Bonchev–Trinajstić information content (AvgIpc) is 3.60. The van der Waals surface area contributed by atoms with Crippen molar-refractivity contribution in [3.05, 3.63) is 64.2 Å². The summed E-state index contributed by atoms with van der Waals surface area (Å²) in [6.45, 7) is 5.44. The number of ether oxygens (including phenoxy) is 1. The van der Waals surface area contributed by atoms with Gasteiger partial charge in [0.15, 0.2) is 6.10 Å². The monoisotopic (exact) mass is 563 g/mol. The maximum atomic E-state index is 13.9. The van der Waals surface area contributed by atoms with Gasteiger partial charge in [-0.25, -0.2) is 5.43 Å². The van der Waals surface area contributed by atoms with Gasteiger partial charge in [-0.3, -0.25) is 19.8 Å². The molecule has 210 valence electrons. The van der Waals surface area contributed by atoms with Crippen molar-refractivity contribution < 1.29 is 19.1 Å². The number of aryl methyl sites for hydroxylation is 1. The minimum atomic E-state index is -0.805. The molecule has 2 saturated heterocycles. The maximum absolute atomic E-state index is 13.9. The van der Waals surface area contributed by atoms with Gasteiger partial charge >= 0.3 is 0 Å². The zero-order valence-electron chi connectivity index (χ0n) is 22.9. The normalized spacial score (nSPS) is 25.9. The Morgan fingerprint density at radius 3 is 2.67 bits per heavy atom. The molecule has 2 aromatic carbocycles. The van der Waals surface area contributed by atoms with Crippen molar-refractivity contribution in [1.82, 2.24) is 21.1 Å². The van der Waals surface area contributed by atoms with E-state index in [0.717, 1.165) is 31.2 Å². The Balaban J connectivity index is 1.30. The molecular formula is C30H34ClN5O4. The van der Waals surface area contributed by atoms with E-state index in [1.807, 2.05) is 36.9 Å². The van der Waals surface area contributed by atoms with Gasteiger partial charge in [-0.05, 0) is 87.9 Å². The summed E-state index contributed by atoms with van der Waals surface area (Å²) in [5, 5.41) is 13.4. The summed E-state index contributed by atoms with van der Waals surface area (Å²) in [4.78, 5) is 41.0. The molecule has 2 unspecified atom stereocenters. The third-order valence-electron chi connectivity index (χ3n) is 8.25. The van der Waals surface area contributed by atoms with Crippen molar-refractivity contribution in [2.75, 3.05) is 0 Å². The van der Waals surface area contributed by atoms with Crippen LogP contribution in [0.3, 0.4) is 0 Å². The number of nitrogens with zero attached hydrogens (tertiary/aromatic N) is 2. The third-order valence-corrected chi connectivity index (χ3v) is 8.48. The lowest BCUT2D eigenvalue weighted by Crippen LogP contribution is -2.56. The Labute approximate surface area is 239 Å². The highest BCUT2D eigenvalue weighted by Gasteiger charge is 2.57. The van der Waals surface area contributed by atoms with Gasteiger partial charge < -0.3 is 15.0 Å². The Hall–Kier alpha value is -3.61. The molecule has 0 bridgehead atoms. The highest BCUT2D eigenvalue weighted by atomic mass is 35.5. The number of hydrazine groups is 1. The van der Waals surface area contributed by atoms with Crippen LogP contribution >= 0.6 is 11.6 Å². The molecule has 3 aliphatic rings. The van der Waals surface area contributed by atoms with Crippen LogP contribution in [0.5, 0.6) is 5.75 Å². The van der Waals surface area contributed by atoms with E-state index in [1.54, 1.807) is 31.2 Å². The summed E-state index contributed by atoms with van der Waals surface area (Å²) in [6.07, 6.45) is 2.89. The van der Waals surface area contributed by atoms with Crippen molar-refractivity contribution >= 4 is 29.3 Å². The SMILES string of the molecule is Cc1cc(C(=O)N[C@H](C)C(=O)N2[C@H](c3cccc(Cl)c3)CC[C@@H]2C2(C#N)CC2)ccc1OC1CC(C)NNC1=O. The topological polar surface area (TPSA) is 124 Å². The molecule has 0 aromatic heterocycles. The molecule has 3 fully saturated rings. The highest BCUT2D eigenvalue weighted by molar-refractivity contribution is 6.30. The van der Waals surface area contributed by atoms with Crippen LogP contribution in [0.2, 0.25) is 5.02 Å². The van der Waals surface area contributed by atoms with Crippen molar-refractivity contribution in [1.29, 1.82) is 5.26 Å². The molecule has 5 atom stereocenters. The number of amides is 3. The quantitative estimate of drug-likeness (QED) is 0.468. The number of likely N-dealkylation sites (tertiary alicyclic amines) is 1. The summed E-state index contributed by atoms with van der Waals surface area (Å²) in [5.41, 5.74) is 6.98. The fourth-order valence-electron chi connectivity index (χ4n) is 5.86. The molecule has 0 radical (unpaired) electrons. The van der Waals surface area contributed by atoms with Gasteiger partial charge in [-0.1, -0.05) is 23.7 Å². The van der Waals surface area contributed by atoms with Crippen molar-refractivity contribution in [2.24, 2.45) is 5.41 Å². The van der Waals surface area contributed by atoms with Crippen molar-refractivity contribution in [3.8, 4) is 11.8 Å². The van der Waals surface area contributed by atoms with Crippen LogP contribution < -0.4 is 20.9 Å². The molecule has 1 saturated carbocycles. The van der Waals surface area contributed by atoms with Crippen LogP contribution in [-0.2, 0) is 9.59 Å². The number of halogens is 1. The zero-order chi connectivity index (χ0) is 28.6. The molecule has 3 amide bonds. The van der Waals surface area contributed by atoms with Crippen LogP contribution in [0, 0.1) is 23.7 Å². The van der Waals surface area contributed by atoms with Gasteiger partial charge in [-0.15, -0.1) is 0 Å². The van der Waals surface area contributed by atoms with Gasteiger partial charge in [-0.2, -0.15) is 5.26 Å². The fourth-order valence-corrected chi connectivity index (χ4v) is 6.06. The molecule has 40 heavy (non-hydrogen) atoms. The first-order valence-corrected chi connectivity index (χ1v) is 14.1. The van der Waals surface area contributed by atoms with Crippen LogP contribution in [-0.4, -0.2) is 46.9 Å². The van der Waals surface area contributed by atoms with Gasteiger partial charge in [0, 0.05) is 23.0 Å². The number of carbonyl (C=O) groups is 3. The molecule has 1 aliphatic carbocycles. The molecule has 2 aromatic rings. The summed E-state index contributed by atoms with van der Waals surface area (Å²) >= 11 is 6.26. The molecule has 0 spiro atoms. The van der Waals surface area contributed by atoms with E-state index in [-0.39, 0.29) is 35.8 Å². The summed E-state index contributed by atoms with van der Waals surface area (Å²) in [7, 11) is 0. The molecule has 2 heterocycles. The smallest absolute Gasteiger partial charge is 0.275 e. The summed E-state index contributed by atoms with van der Waals surface area (Å²) < 4.78 is 5.93. The van der Waals surface area contributed by atoms with Gasteiger partial charge in [0.25, 0.3) is 11.8 Å². The van der Waals surface area contributed by atoms with E-state index < -0.39 is 17.6 Å². The molecule has 3 N–H and O–H groups in total. The van der Waals surface area contributed by atoms with Gasteiger partial charge in [0.1, 0.15) is 11.8 Å². The highest BCUT2D eigenvalue weighted by Crippen LogP contribution is 2.56. The number of benzene rings is 2. The Kier molecular flexibility index (Phi) is 7.76. The second-order valence-corrected chi connectivity index (χ2v) is 11.7. The molecule has 5 rings (SSSR count). The minimum Gasteiger partial charge on any atom is -0.480 e. The Bertz CT molecular complexity index is 1370. The second kappa shape index (κ2) is 11.1. The summed E-state index contributed by atoms with van der Waals surface area (Å²) in [6, 6.07) is 13.8. The lowest BCUT2D eigenvalue weighted by Gasteiger charge is -2.35. The first kappa shape index (κ1) is 27.9. The number of hydrogen-bond acceptors (Lipinski definition) is 6. The molecule has 2 aliphatic heterocycles. The minimum absolute atomic E-state index is 0.0729. The third kappa shape index (κ3) is 5.51. The number of nitrogens with one attached hydrogen (secondary N) is 3. The van der Waals surface area contributed by atoms with Crippen LogP contribution in [0.1, 0.15) is 73.5 Å². The first-order chi connectivity index (χ1) is 19.1. The first-order valence-electron chi connectivity index (χ1n) is 13.7. The van der Waals surface area contributed by atoms with E-state index in [2.05, 4.69) is 22.2 Å². The van der Waals surface area contributed by atoms with Crippen LogP contribution in [0.4, 0.5) is 0 Å². The zero-order valence-corrected chi connectivity index (χ0v) is 23.6. The molecular weight excluding hydrogens is 530 g/mol. The van der Waals surface area contributed by atoms with E-state index in [9.17, 15) is 19.6 Å². The largest absolute Gasteiger partial charge is 0.480 e. The molecule has 9 nitrogen and oxygen atoms in total. The van der Waals surface area contributed by atoms with Gasteiger partial charge in [0.05, 0.1) is 23.6 Å². The lowest BCUT2D eigenvalue weighted by molar-refractivity contribution is -0.137. The number of nitriles is 1. The lowest BCUT2D eigenvalue weighted by atomic mass is 9.95. The fraction of sp³-hybridized carbons (Fsp3) is 0.467. The predicted octanol–water partition coefficient (Wildman–Crippen LogP) is 3.96.